The van der Waals surface area contributed by atoms with Gasteiger partial charge in [-0.1, -0.05) is 37.6 Å². The Morgan fingerprint density at radius 1 is 1.03 bits per heavy atom. The topological polar surface area (TPSA) is 53.4 Å². The van der Waals surface area contributed by atoms with Gasteiger partial charge in [0.2, 0.25) is 0 Å². The van der Waals surface area contributed by atoms with Gasteiger partial charge in [0.05, 0.1) is 17.7 Å². The van der Waals surface area contributed by atoms with Crippen molar-refractivity contribution >= 4 is 11.6 Å². The van der Waals surface area contributed by atoms with Crippen molar-refractivity contribution in [2.75, 3.05) is 38.0 Å². The van der Waals surface area contributed by atoms with Crippen LogP contribution in [0.3, 0.4) is 0 Å². The lowest BCUT2D eigenvalue weighted by Crippen LogP contribution is -2.46. The molecule has 0 spiro atoms. The third kappa shape index (κ3) is 5.89. The van der Waals surface area contributed by atoms with Crippen molar-refractivity contribution in [2.45, 2.75) is 40.2 Å². The van der Waals surface area contributed by atoms with E-state index in [1.54, 1.807) is 6.33 Å². The molecule has 6 nitrogen and oxygen atoms in total. The summed E-state index contributed by atoms with van der Waals surface area (Å²) in [6.45, 7) is 12.6. The predicted octanol–water partition coefficient (Wildman–Crippen LogP) is 4.66. The second-order valence-corrected chi connectivity index (χ2v) is 9.01. The van der Waals surface area contributed by atoms with Crippen LogP contribution in [-0.4, -0.2) is 58.0 Å². The number of aromatic nitrogens is 2. The Morgan fingerprint density at radius 3 is 2.52 bits per heavy atom. The maximum absolute atomic E-state index is 13.2. The molecule has 0 radical (unpaired) electrons. The molecule has 33 heavy (non-hydrogen) atoms. The van der Waals surface area contributed by atoms with Gasteiger partial charge in [-0.2, -0.15) is 0 Å². The van der Waals surface area contributed by atoms with Crippen LogP contribution >= 0.6 is 0 Å². The van der Waals surface area contributed by atoms with Crippen LogP contribution in [0, 0.1) is 13.8 Å². The zero-order chi connectivity index (χ0) is 23.2. The quantitative estimate of drug-likeness (QED) is 0.548. The van der Waals surface area contributed by atoms with E-state index in [1.165, 1.54) is 19.4 Å². The van der Waals surface area contributed by atoms with Gasteiger partial charge in [-0.25, -0.2) is 4.98 Å². The molecule has 1 fully saturated rings. The van der Waals surface area contributed by atoms with Crippen molar-refractivity contribution in [1.82, 2.24) is 19.4 Å². The lowest BCUT2D eigenvalue weighted by molar-refractivity contribution is 0.102. The molecule has 174 valence electrons. The Kier molecular flexibility index (Phi) is 7.57. The lowest BCUT2D eigenvalue weighted by atomic mass is 10.1. The van der Waals surface area contributed by atoms with Crippen LogP contribution in [0.25, 0.3) is 5.69 Å². The third-order valence-electron chi connectivity index (χ3n) is 6.41. The Morgan fingerprint density at radius 2 is 1.79 bits per heavy atom. The molecule has 1 aliphatic heterocycles. The van der Waals surface area contributed by atoms with E-state index in [-0.39, 0.29) is 5.91 Å². The number of carbonyl (C=O) groups excluding carboxylic acids is 1. The van der Waals surface area contributed by atoms with Crippen molar-refractivity contribution < 1.29 is 4.79 Å². The summed E-state index contributed by atoms with van der Waals surface area (Å²) in [5, 5.41) is 3.11. The minimum atomic E-state index is -0.0659. The highest BCUT2D eigenvalue weighted by Crippen LogP contribution is 2.21. The van der Waals surface area contributed by atoms with Crippen LogP contribution in [0.4, 0.5) is 5.69 Å². The second-order valence-electron chi connectivity index (χ2n) is 9.01. The summed E-state index contributed by atoms with van der Waals surface area (Å²) in [4.78, 5) is 22.6. The monoisotopic (exact) mass is 445 g/mol. The molecule has 0 aliphatic carbocycles. The number of carbonyl (C=O) groups is 1. The van der Waals surface area contributed by atoms with E-state index in [0.29, 0.717) is 0 Å². The van der Waals surface area contributed by atoms with Crippen LogP contribution in [0.1, 0.15) is 46.9 Å². The molecule has 0 saturated carbocycles. The first kappa shape index (κ1) is 23.2. The van der Waals surface area contributed by atoms with Gasteiger partial charge in [-0.05, 0) is 56.1 Å². The van der Waals surface area contributed by atoms with E-state index in [1.807, 2.05) is 54.1 Å². The Balaban J connectivity index is 1.44. The summed E-state index contributed by atoms with van der Waals surface area (Å²) in [6.07, 6.45) is 6.31. The average Bonchev–Trinajstić information content (AvgIpc) is 3.26. The number of rotatable bonds is 8. The third-order valence-corrected chi connectivity index (χ3v) is 6.41. The molecule has 2 heterocycles. The minimum Gasteiger partial charge on any atom is -0.322 e. The van der Waals surface area contributed by atoms with Crippen molar-refractivity contribution in [3.63, 3.8) is 0 Å². The molecule has 1 aromatic heterocycles. The van der Waals surface area contributed by atoms with Gasteiger partial charge >= 0.3 is 0 Å². The molecule has 1 N–H and O–H groups in total. The summed E-state index contributed by atoms with van der Waals surface area (Å²) in [6, 6.07) is 14.0. The SMILES string of the molecule is CCCCN1CCN(Cc2ccccc2C(=O)Nc2ccc(C)c(-n3cnc(C)c3)c2)CC1. The fourth-order valence-corrected chi connectivity index (χ4v) is 4.39. The van der Waals surface area contributed by atoms with Gasteiger partial charge in [0.25, 0.3) is 5.91 Å². The molecule has 1 amide bonds. The van der Waals surface area contributed by atoms with E-state index in [4.69, 9.17) is 0 Å². The van der Waals surface area contributed by atoms with Gasteiger partial charge in [0.15, 0.2) is 0 Å². The molecule has 1 aliphatic rings. The van der Waals surface area contributed by atoms with Crippen molar-refractivity contribution in [1.29, 1.82) is 0 Å². The first-order valence-corrected chi connectivity index (χ1v) is 12.0. The summed E-state index contributed by atoms with van der Waals surface area (Å²) in [5.74, 6) is -0.0659. The van der Waals surface area contributed by atoms with Crippen LogP contribution < -0.4 is 5.32 Å². The molecule has 2 aromatic carbocycles. The van der Waals surface area contributed by atoms with Crippen molar-refractivity contribution in [2.24, 2.45) is 0 Å². The molecular formula is C27H35N5O. The number of anilines is 1. The number of hydrogen-bond donors (Lipinski definition) is 1. The predicted molar refractivity (Wildman–Crippen MR) is 134 cm³/mol. The smallest absolute Gasteiger partial charge is 0.255 e. The number of nitrogens with one attached hydrogen (secondary N) is 1. The number of piperazine rings is 1. The van der Waals surface area contributed by atoms with E-state index in [0.717, 1.165) is 66.5 Å². The molecule has 1 saturated heterocycles. The fourth-order valence-electron chi connectivity index (χ4n) is 4.39. The molecule has 0 bridgehead atoms. The molecular weight excluding hydrogens is 410 g/mol. The Labute approximate surface area is 197 Å². The van der Waals surface area contributed by atoms with Gasteiger partial charge in [0.1, 0.15) is 0 Å². The number of benzene rings is 2. The zero-order valence-electron chi connectivity index (χ0n) is 20.1. The highest BCUT2D eigenvalue weighted by molar-refractivity contribution is 6.05. The van der Waals surface area contributed by atoms with Crippen LogP contribution in [0.5, 0.6) is 0 Å². The van der Waals surface area contributed by atoms with E-state index < -0.39 is 0 Å². The number of unbranched alkanes of at least 4 members (excludes halogenated alkanes) is 1. The number of hydrogen-bond acceptors (Lipinski definition) is 4. The lowest BCUT2D eigenvalue weighted by Gasteiger charge is -2.35. The number of amides is 1. The van der Waals surface area contributed by atoms with Gasteiger partial charge in [-0.3, -0.25) is 9.69 Å². The molecule has 0 unspecified atom stereocenters. The Hall–Kier alpha value is -2.96. The highest BCUT2D eigenvalue weighted by Gasteiger charge is 2.19. The highest BCUT2D eigenvalue weighted by atomic mass is 16.1. The fraction of sp³-hybridized carbons (Fsp3) is 0.407. The first-order valence-electron chi connectivity index (χ1n) is 12.0. The van der Waals surface area contributed by atoms with E-state index >= 15 is 0 Å². The van der Waals surface area contributed by atoms with Crippen molar-refractivity contribution in [3.8, 4) is 5.69 Å². The standard InChI is InChI=1S/C27H35N5O/c1-4-5-12-30-13-15-31(16-14-30)19-23-8-6-7-9-25(23)27(33)29-24-11-10-21(2)26(17-24)32-18-22(3)28-20-32/h6-11,17-18,20H,4-5,12-16,19H2,1-3H3,(H,29,33). The molecule has 4 rings (SSSR count). The van der Waals surface area contributed by atoms with Gasteiger partial charge in [-0.15, -0.1) is 0 Å². The number of aryl methyl sites for hydroxylation is 2. The summed E-state index contributed by atoms with van der Waals surface area (Å²) in [5.41, 5.74) is 5.71. The average molecular weight is 446 g/mol. The maximum atomic E-state index is 13.2. The molecule has 3 aromatic rings. The Bertz CT molecular complexity index is 1080. The molecule has 6 heteroatoms. The van der Waals surface area contributed by atoms with Gasteiger partial charge < -0.3 is 14.8 Å². The first-order chi connectivity index (χ1) is 16.0. The number of nitrogens with zero attached hydrogens (tertiary/aromatic N) is 4. The van der Waals surface area contributed by atoms with Crippen LogP contribution in [0.2, 0.25) is 0 Å². The largest absolute Gasteiger partial charge is 0.322 e. The molecule has 0 atom stereocenters. The summed E-state index contributed by atoms with van der Waals surface area (Å²) >= 11 is 0. The summed E-state index contributed by atoms with van der Waals surface area (Å²) < 4.78 is 1.99. The van der Waals surface area contributed by atoms with E-state index in [9.17, 15) is 4.79 Å². The van der Waals surface area contributed by atoms with Crippen LogP contribution in [0.15, 0.2) is 55.0 Å². The normalized spacial score (nSPS) is 15.0. The second kappa shape index (κ2) is 10.8. The van der Waals surface area contributed by atoms with Gasteiger partial charge in [0, 0.05) is 50.2 Å². The van der Waals surface area contributed by atoms with Crippen molar-refractivity contribution in [3.05, 3.63) is 77.4 Å². The minimum absolute atomic E-state index is 0.0659. The maximum Gasteiger partial charge on any atom is 0.255 e. The zero-order valence-corrected chi connectivity index (χ0v) is 20.1. The van der Waals surface area contributed by atoms with E-state index in [2.05, 4.69) is 40.0 Å². The van der Waals surface area contributed by atoms with Crippen LogP contribution in [-0.2, 0) is 6.54 Å². The summed E-state index contributed by atoms with van der Waals surface area (Å²) in [7, 11) is 0. The number of imidazole rings is 1.